The van der Waals surface area contributed by atoms with Crippen LogP contribution in [0.3, 0.4) is 0 Å². The van der Waals surface area contributed by atoms with Crippen LogP contribution in [0.1, 0.15) is 0 Å². The van der Waals surface area contributed by atoms with Crippen molar-refractivity contribution >= 4 is 29.1 Å². The van der Waals surface area contributed by atoms with Gasteiger partial charge in [-0.1, -0.05) is 11.6 Å². The van der Waals surface area contributed by atoms with Crippen molar-refractivity contribution in [2.45, 2.75) is 10.2 Å². The molecule has 0 aliphatic rings. The van der Waals surface area contributed by atoms with Gasteiger partial charge < -0.3 is 4.57 Å². The molecule has 0 atom stereocenters. The zero-order chi connectivity index (χ0) is 11.8. The Labute approximate surface area is 106 Å². The summed E-state index contributed by atoms with van der Waals surface area (Å²) in [6.45, 7) is 0. The van der Waals surface area contributed by atoms with Crippen molar-refractivity contribution in [2.75, 3.05) is 0 Å². The van der Waals surface area contributed by atoms with E-state index in [9.17, 15) is 0 Å². The molecule has 0 aliphatic heterocycles. The standard InChI is InChI=1S/C9H7ClN6S/c1-15-3-2-11-9(15)17-7-4-6(10)14-8-12-5-13-16(7)8/h2-5H,1H3. The van der Waals surface area contributed by atoms with Crippen molar-refractivity contribution < 1.29 is 0 Å². The Morgan fingerprint density at radius 3 is 3.00 bits per heavy atom. The van der Waals surface area contributed by atoms with Crippen LogP contribution in [0.25, 0.3) is 5.78 Å². The van der Waals surface area contributed by atoms with Crippen LogP contribution in [0.2, 0.25) is 5.15 Å². The second-order valence-electron chi connectivity index (χ2n) is 3.31. The van der Waals surface area contributed by atoms with Gasteiger partial charge in [-0.2, -0.15) is 19.6 Å². The van der Waals surface area contributed by atoms with Crippen molar-refractivity contribution in [2.24, 2.45) is 7.05 Å². The topological polar surface area (TPSA) is 60.9 Å². The van der Waals surface area contributed by atoms with Gasteiger partial charge in [0.05, 0.1) is 0 Å². The van der Waals surface area contributed by atoms with Gasteiger partial charge in [-0.25, -0.2) is 4.98 Å². The molecular formula is C9H7ClN6S. The maximum Gasteiger partial charge on any atom is 0.254 e. The first-order valence-electron chi connectivity index (χ1n) is 4.75. The average Bonchev–Trinajstić information content (AvgIpc) is 2.88. The first-order chi connectivity index (χ1) is 8.24. The molecular weight excluding hydrogens is 260 g/mol. The summed E-state index contributed by atoms with van der Waals surface area (Å²) in [5.74, 6) is 0.481. The monoisotopic (exact) mass is 266 g/mol. The van der Waals surface area contributed by atoms with Crippen LogP contribution in [0.15, 0.2) is 35.0 Å². The molecule has 0 spiro atoms. The van der Waals surface area contributed by atoms with Crippen molar-refractivity contribution in [3.63, 3.8) is 0 Å². The molecule has 0 radical (unpaired) electrons. The number of hydrogen-bond acceptors (Lipinski definition) is 5. The van der Waals surface area contributed by atoms with Crippen LogP contribution in [-0.2, 0) is 7.05 Å². The van der Waals surface area contributed by atoms with Crippen LogP contribution in [0.4, 0.5) is 0 Å². The summed E-state index contributed by atoms with van der Waals surface area (Å²) in [6.07, 6.45) is 5.06. The van der Waals surface area contributed by atoms with Crippen LogP contribution in [-0.4, -0.2) is 29.1 Å². The SMILES string of the molecule is Cn1ccnc1Sc1cc(Cl)nc2ncnn12. The highest BCUT2D eigenvalue weighted by Crippen LogP contribution is 2.27. The number of imidazole rings is 1. The minimum atomic E-state index is 0.391. The summed E-state index contributed by atoms with van der Waals surface area (Å²) in [6, 6.07) is 1.74. The van der Waals surface area contributed by atoms with Gasteiger partial charge in [-0.15, -0.1) is 0 Å². The molecule has 0 saturated carbocycles. The van der Waals surface area contributed by atoms with E-state index in [4.69, 9.17) is 11.6 Å². The summed E-state index contributed by atoms with van der Waals surface area (Å²) in [7, 11) is 1.93. The molecule has 0 bridgehead atoms. The first-order valence-corrected chi connectivity index (χ1v) is 5.95. The van der Waals surface area contributed by atoms with E-state index in [0.29, 0.717) is 10.9 Å². The fraction of sp³-hybridized carbons (Fsp3) is 0.111. The first kappa shape index (κ1) is 10.5. The van der Waals surface area contributed by atoms with Crippen LogP contribution < -0.4 is 0 Å². The van der Waals surface area contributed by atoms with E-state index < -0.39 is 0 Å². The maximum absolute atomic E-state index is 5.93. The number of aromatic nitrogens is 6. The van der Waals surface area contributed by atoms with E-state index in [1.165, 1.54) is 18.1 Å². The Kier molecular flexibility index (Phi) is 2.49. The molecule has 3 rings (SSSR count). The lowest BCUT2D eigenvalue weighted by molar-refractivity contribution is 0.780. The molecule has 0 saturated heterocycles. The number of aryl methyl sites for hydroxylation is 1. The zero-order valence-electron chi connectivity index (χ0n) is 8.78. The molecule has 6 nitrogen and oxygen atoms in total. The third kappa shape index (κ3) is 1.87. The fourth-order valence-electron chi connectivity index (χ4n) is 1.37. The number of halogens is 1. The lowest BCUT2D eigenvalue weighted by atomic mass is 10.7. The molecule has 0 N–H and O–H groups in total. The molecule has 0 aliphatic carbocycles. The van der Waals surface area contributed by atoms with Gasteiger partial charge in [0.1, 0.15) is 16.5 Å². The third-order valence-electron chi connectivity index (χ3n) is 2.16. The van der Waals surface area contributed by atoms with Crippen LogP contribution in [0, 0.1) is 0 Å². The second kappa shape index (κ2) is 4.01. The molecule has 0 fully saturated rings. The molecule has 0 unspecified atom stereocenters. The molecule has 3 aromatic heterocycles. The predicted octanol–water partition coefficient (Wildman–Crippen LogP) is 1.66. The van der Waals surface area contributed by atoms with Gasteiger partial charge in [0, 0.05) is 25.5 Å². The number of hydrogen-bond donors (Lipinski definition) is 0. The smallest absolute Gasteiger partial charge is 0.254 e. The molecule has 0 amide bonds. The van der Waals surface area contributed by atoms with Crippen molar-refractivity contribution in [1.29, 1.82) is 0 Å². The number of nitrogens with zero attached hydrogens (tertiary/aromatic N) is 6. The Morgan fingerprint density at radius 1 is 1.35 bits per heavy atom. The van der Waals surface area contributed by atoms with Gasteiger partial charge in [-0.3, -0.25) is 0 Å². The Balaban J connectivity index is 2.11. The minimum Gasteiger partial charge on any atom is -0.329 e. The zero-order valence-corrected chi connectivity index (χ0v) is 10.4. The van der Waals surface area contributed by atoms with E-state index in [0.717, 1.165) is 10.2 Å². The lowest BCUT2D eigenvalue weighted by Gasteiger charge is -2.03. The average molecular weight is 267 g/mol. The summed E-state index contributed by atoms with van der Waals surface area (Å²) in [4.78, 5) is 12.3. The minimum absolute atomic E-state index is 0.391. The highest BCUT2D eigenvalue weighted by molar-refractivity contribution is 7.99. The van der Waals surface area contributed by atoms with Gasteiger partial charge in [0.2, 0.25) is 0 Å². The summed E-state index contributed by atoms with van der Waals surface area (Å²) >= 11 is 7.38. The van der Waals surface area contributed by atoms with Crippen molar-refractivity contribution in [3.8, 4) is 0 Å². The normalized spacial score (nSPS) is 11.2. The second-order valence-corrected chi connectivity index (χ2v) is 4.69. The maximum atomic E-state index is 5.93. The van der Waals surface area contributed by atoms with E-state index in [1.807, 2.05) is 17.8 Å². The van der Waals surface area contributed by atoms with Gasteiger partial charge in [-0.05, 0) is 11.8 Å². The van der Waals surface area contributed by atoms with Crippen molar-refractivity contribution in [1.82, 2.24) is 29.1 Å². The Morgan fingerprint density at radius 2 is 2.24 bits per heavy atom. The third-order valence-corrected chi connectivity index (χ3v) is 3.43. The number of fused-ring (bicyclic) bond motifs is 1. The summed E-state index contributed by atoms with van der Waals surface area (Å²) in [5, 5.41) is 6.16. The van der Waals surface area contributed by atoms with E-state index in [-0.39, 0.29) is 0 Å². The quantitative estimate of drug-likeness (QED) is 0.660. The molecule has 0 aromatic carbocycles. The lowest BCUT2D eigenvalue weighted by Crippen LogP contribution is -1.97. The highest BCUT2D eigenvalue weighted by Gasteiger charge is 2.10. The van der Waals surface area contributed by atoms with Crippen molar-refractivity contribution in [3.05, 3.63) is 29.9 Å². The molecule has 3 aromatic rings. The summed E-state index contributed by atoms with van der Waals surface area (Å²) in [5.41, 5.74) is 0. The predicted molar refractivity (Wildman–Crippen MR) is 63.1 cm³/mol. The van der Waals surface area contributed by atoms with E-state index in [1.54, 1.807) is 16.8 Å². The molecule has 17 heavy (non-hydrogen) atoms. The van der Waals surface area contributed by atoms with E-state index in [2.05, 4.69) is 20.1 Å². The fourth-order valence-corrected chi connectivity index (χ4v) is 2.51. The largest absolute Gasteiger partial charge is 0.329 e. The van der Waals surface area contributed by atoms with Crippen LogP contribution in [0.5, 0.6) is 0 Å². The number of rotatable bonds is 2. The Hall–Kier alpha value is -1.60. The molecule has 8 heteroatoms. The molecule has 86 valence electrons. The Bertz CT molecular complexity index is 675. The summed E-state index contributed by atoms with van der Waals surface area (Å²) < 4.78 is 3.55. The van der Waals surface area contributed by atoms with Crippen LogP contribution >= 0.6 is 23.4 Å². The highest BCUT2D eigenvalue weighted by atomic mass is 35.5. The molecule has 3 heterocycles. The van der Waals surface area contributed by atoms with Gasteiger partial charge in [0.15, 0.2) is 5.16 Å². The van der Waals surface area contributed by atoms with Gasteiger partial charge >= 0.3 is 0 Å². The van der Waals surface area contributed by atoms with E-state index >= 15 is 0 Å². The van der Waals surface area contributed by atoms with Gasteiger partial charge in [0.25, 0.3) is 5.78 Å².